The molecule has 0 radical (unpaired) electrons. The molecule has 3 nitrogen and oxygen atoms in total. The third-order valence-corrected chi connectivity index (χ3v) is 3.65. The maximum Gasteiger partial charge on any atom is 0.272 e. The van der Waals surface area contributed by atoms with E-state index in [1.54, 1.807) is 0 Å². The predicted molar refractivity (Wildman–Crippen MR) is 60.5 cm³/mol. The van der Waals surface area contributed by atoms with Gasteiger partial charge in [0.1, 0.15) is 12.4 Å². The van der Waals surface area contributed by atoms with Crippen LogP contribution in [0.15, 0.2) is 17.0 Å². The van der Waals surface area contributed by atoms with Gasteiger partial charge >= 0.3 is 0 Å². The molecule has 0 unspecified atom stereocenters. The summed E-state index contributed by atoms with van der Waals surface area (Å²) >= 11 is 0. The molecule has 17 heavy (non-hydrogen) atoms. The lowest BCUT2D eigenvalue weighted by molar-refractivity contribution is 0.0818. The molecule has 0 aliphatic carbocycles. The highest BCUT2D eigenvalue weighted by Gasteiger charge is 2.18. The number of aryl methyl sites for hydroxylation is 2. The Hall–Kier alpha value is -0.880. The molecule has 1 aromatic rings. The van der Waals surface area contributed by atoms with Gasteiger partial charge in [-0.25, -0.2) is 17.2 Å². The van der Waals surface area contributed by atoms with Crippen molar-refractivity contribution < 1.29 is 21.9 Å². The van der Waals surface area contributed by atoms with Crippen LogP contribution in [-0.4, -0.2) is 21.5 Å². The molecule has 0 amide bonds. The van der Waals surface area contributed by atoms with Crippen LogP contribution in [0.25, 0.3) is 0 Å². The van der Waals surface area contributed by atoms with Crippen molar-refractivity contribution in [3.63, 3.8) is 0 Å². The summed E-state index contributed by atoms with van der Waals surface area (Å²) in [5, 5.41) is 0. The van der Waals surface area contributed by atoms with Gasteiger partial charge in [-0.3, -0.25) is 0 Å². The monoisotopic (exact) mass is 284 g/mol. The Labute approximate surface area is 103 Å². The third-order valence-electron chi connectivity index (χ3n) is 2.05. The van der Waals surface area contributed by atoms with Crippen molar-refractivity contribution in [2.45, 2.75) is 25.2 Å². The van der Waals surface area contributed by atoms with Gasteiger partial charge in [0.25, 0.3) is 15.5 Å². The first-order valence-electron chi connectivity index (χ1n) is 4.68. The summed E-state index contributed by atoms with van der Waals surface area (Å²) in [4.78, 5) is -0.0106. The lowest BCUT2D eigenvalue weighted by atomic mass is 10.1. The molecule has 0 atom stereocenters. The number of benzene rings is 1. The topological polar surface area (TPSA) is 43.4 Å². The fourth-order valence-corrected chi connectivity index (χ4v) is 3.15. The van der Waals surface area contributed by atoms with Gasteiger partial charge < -0.3 is 4.74 Å². The summed E-state index contributed by atoms with van der Waals surface area (Å²) < 4.78 is 51.2. The summed E-state index contributed by atoms with van der Waals surface area (Å²) in [6, 6.07) is 2.73. The molecule has 0 N–H and O–H groups in total. The Balaban J connectivity index is 3.10. The number of hydrogen-bond acceptors (Lipinski definition) is 3. The van der Waals surface area contributed by atoms with Gasteiger partial charge in [0.05, 0.1) is 4.90 Å². The molecule has 96 valence electrons. The van der Waals surface area contributed by atoms with Gasteiger partial charge in [0, 0.05) is 10.7 Å². The fraction of sp³-hybridized carbons (Fsp3) is 0.400. The maximum absolute atomic E-state index is 11.9. The summed E-state index contributed by atoms with van der Waals surface area (Å²) in [6.07, 6.45) is -2.58. The van der Waals surface area contributed by atoms with Crippen molar-refractivity contribution in [3.05, 3.63) is 23.3 Å². The van der Waals surface area contributed by atoms with E-state index in [0.29, 0.717) is 11.1 Å². The first-order valence-corrected chi connectivity index (χ1v) is 6.99. The van der Waals surface area contributed by atoms with Crippen LogP contribution in [0, 0.1) is 13.8 Å². The normalized spacial score (nSPS) is 11.9. The molecular weight excluding hydrogens is 274 g/mol. The minimum Gasteiger partial charge on any atom is -0.488 e. The molecule has 0 fully saturated rings. The van der Waals surface area contributed by atoms with E-state index in [9.17, 15) is 17.2 Å². The van der Waals surface area contributed by atoms with Crippen LogP contribution in [0.5, 0.6) is 5.75 Å². The number of alkyl halides is 2. The summed E-state index contributed by atoms with van der Waals surface area (Å²) in [5.41, 5.74) is 0.730. The van der Waals surface area contributed by atoms with Crippen LogP contribution < -0.4 is 4.74 Å². The molecule has 0 saturated carbocycles. The molecule has 0 aliphatic rings. The smallest absolute Gasteiger partial charge is 0.272 e. The maximum atomic E-state index is 11.9. The highest BCUT2D eigenvalue weighted by atomic mass is 35.7. The van der Waals surface area contributed by atoms with E-state index < -0.39 is 22.1 Å². The van der Waals surface area contributed by atoms with Crippen LogP contribution in [0.2, 0.25) is 0 Å². The van der Waals surface area contributed by atoms with Crippen LogP contribution in [0.4, 0.5) is 8.78 Å². The van der Waals surface area contributed by atoms with Crippen LogP contribution in [-0.2, 0) is 9.05 Å². The first kappa shape index (κ1) is 14.2. The molecule has 0 heterocycles. The van der Waals surface area contributed by atoms with Crippen molar-refractivity contribution >= 4 is 19.7 Å². The number of ether oxygens (including phenoxy) is 1. The van der Waals surface area contributed by atoms with Gasteiger partial charge in [-0.2, -0.15) is 0 Å². The largest absolute Gasteiger partial charge is 0.488 e. The van der Waals surface area contributed by atoms with Crippen LogP contribution in [0.1, 0.15) is 11.1 Å². The van der Waals surface area contributed by atoms with Crippen molar-refractivity contribution in [1.29, 1.82) is 0 Å². The first-order chi connectivity index (χ1) is 7.71. The SMILES string of the molecule is Cc1cc(OCC(F)F)cc(C)c1S(=O)(=O)Cl. The molecular formula is C10H11ClF2O3S. The zero-order valence-electron chi connectivity index (χ0n) is 9.21. The number of halogens is 3. The quantitative estimate of drug-likeness (QED) is 0.799. The number of hydrogen-bond donors (Lipinski definition) is 0. The Morgan fingerprint density at radius 2 is 1.76 bits per heavy atom. The second kappa shape index (κ2) is 5.18. The zero-order chi connectivity index (χ0) is 13.2. The summed E-state index contributed by atoms with van der Waals surface area (Å²) in [6.45, 7) is 2.32. The Morgan fingerprint density at radius 1 is 1.29 bits per heavy atom. The van der Waals surface area contributed by atoms with Gasteiger partial charge in [-0.15, -0.1) is 0 Å². The molecule has 0 saturated heterocycles. The lowest BCUT2D eigenvalue weighted by Gasteiger charge is -2.11. The van der Waals surface area contributed by atoms with E-state index in [1.807, 2.05) is 0 Å². The Morgan fingerprint density at radius 3 is 2.12 bits per heavy atom. The second-order valence-corrected chi connectivity index (χ2v) is 6.03. The van der Waals surface area contributed by atoms with E-state index in [4.69, 9.17) is 15.4 Å². The molecule has 7 heteroatoms. The average molecular weight is 285 g/mol. The van der Waals surface area contributed by atoms with Crippen molar-refractivity contribution in [3.8, 4) is 5.75 Å². The molecule has 0 aliphatic heterocycles. The Bertz CT molecular complexity index is 491. The predicted octanol–water partition coefficient (Wildman–Crippen LogP) is 2.87. The van der Waals surface area contributed by atoms with Gasteiger partial charge in [-0.1, -0.05) is 0 Å². The summed E-state index contributed by atoms with van der Waals surface area (Å²) in [7, 11) is 1.42. The van der Waals surface area contributed by atoms with Crippen molar-refractivity contribution in [2.24, 2.45) is 0 Å². The molecule has 0 aromatic heterocycles. The minimum atomic E-state index is -3.84. The van der Waals surface area contributed by atoms with Crippen molar-refractivity contribution in [1.82, 2.24) is 0 Å². The number of rotatable bonds is 4. The van der Waals surface area contributed by atoms with E-state index in [1.165, 1.54) is 26.0 Å². The molecule has 0 bridgehead atoms. The third kappa shape index (κ3) is 3.81. The van der Waals surface area contributed by atoms with E-state index >= 15 is 0 Å². The van der Waals surface area contributed by atoms with Gasteiger partial charge in [0.2, 0.25) is 0 Å². The van der Waals surface area contributed by atoms with E-state index in [-0.39, 0.29) is 10.6 Å². The van der Waals surface area contributed by atoms with E-state index in [2.05, 4.69) is 0 Å². The fourth-order valence-electron chi connectivity index (χ4n) is 1.54. The standard InChI is InChI=1S/C10H11ClF2O3S/c1-6-3-8(16-5-9(12)13)4-7(2)10(6)17(11,14)15/h3-4,9H,5H2,1-2H3. The molecule has 1 aromatic carbocycles. The van der Waals surface area contributed by atoms with Crippen LogP contribution >= 0.6 is 10.7 Å². The molecule has 1 rings (SSSR count). The zero-order valence-corrected chi connectivity index (χ0v) is 10.8. The highest BCUT2D eigenvalue weighted by molar-refractivity contribution is 8.13. The highest BCUT2D eigenvalue weighted by Crippen LogP contribution is 2.28. The van der Waals surface area contributed by atoms with Gasteiger partial charge in [0.15, 0.2) is 0 Å². The van der Waals surface area contributed by atoms with E-state index in [0.717, 1.165) is 0 Å². The Kier molecular flexibility index (Phi) is 4.32. The lowest BCUT2D eigenvalue weighted by Crippen LogP contribution is -2.08. The average Bonchev–Trinajstić information content (AvgIpc) is 2.11. The summed E-state index contributed by atoms with van der Waals surface area (Å²) in [5.74, 6) is 0.198. The van der Waals surface area contributed by atoms with Gasteiger partial charge in [-0.05, 0) is 37.1 Å². The van der Waals surface area contributed by atoms with Crippen molar-refractivity contribution in [2.75, 3.05) is 6.61 Å². The second-order valence-electron chi connectivity index (χ2n) is 3.53. The molecule has 0 spiro atoms. The van der Waals surface area contributed by atoms with Crippen LogP contribution in [0.3, 0.4) is 0 Å². The minimum absolute atomic E-state index is 0.0106.